The van der Waals surface area contributed by atoms with Gasteiger partial charge in [-0.3, -0.25) is 14.5 Å². The van der Waals surface area contributed by atoms with Crippen LogP contribution in [0.4, 0.5) is 4.79 Å². The maximum absolute atomic E-state index is 14.1. The minimum atomic E-state index is -1.34. The number of ether oxygens (including phenoxy) is 2. The number of nitrogens with one attached hydrogen (secondary N) is 2. The molecule has 0 heterocycles. The Kier molecular flexibility index (Phi) is 12.7. The van der Waals surface area contributed by atoms with E-state index in [-0.39, 0.29) is 12.2 Å². The molecule has 0 aromatic heterocycles. The Hall–Kier alpha value is -3.97. The molecule has 43 heavy (non-hydrogen) atoms. The Labute approximate surface area is 260 Å². The van der Waals surface area contributed by atoms with Gasteiger partial charge in [-0.25, -0.2) is 9.59 Å². The van der Waals surface area contributed by atoms with Crippen LogP contribution in [0.15, 0.2) is 54.6 Å². The summed E-state index contributed by atoms with van der Waals surface area (Å²) in [6.07, 6.45) is 5.91. The van der Waals surface area contributed by atoms with Crippen molar-refractivity contribution in [3.63, 3.8) is 0 Å². The first-order valence-corrected chi connectivity index (χ1v) is 14.8. The number of benzene rings is 2. The number of carbonyl (C=O) groups excluding carboxylic acids is 4. The number of rotatable bonds is 11. The summed E-state index contributed by atoms with van der Waals surface area (Å²) in [5.74, 6) is -2.20. The second kappa shape index (κ2) is 15.5. The van der Waals surface area contributed by atoms with Gasteiger partial charge in [-0.1, -0.05) is 67.9 Å². The zero-order valence-corrected chi connectivity index (χ0v) is 26.9. The van der Waals surface area contributed by atoms with Crippen LogP contribution in [-0.4, -0.2) is 57.8 Å². The molecule has 3 atom stereocenters. The first-order chi connectivity index (χ1) is 20.1. The summed E-state index contributed by atoms with van der Waals surface area (Å²) >= 11 is 4.24. The van der Waals surface area contributed by atoms with Crippen LogP contribution in [0.5, 0.6) is 0 Å². The van der Waals surface area contributed by atoms with Gasteiger partial charge < -0.3 is 20.1 Å². The van der Waals surface area contributed by atoms with Crippen LogP contribution < -0.4 is 10.6 Å². The Bertz CT molecular complexity index is 1290. The maximum Gasteiger partial charge on any atom is 0.408 e. The van der Waals surface area contributed by atoms with Crippen molar-refractivity contribution in [1.29, 1.82) is 0 Å². The normalized spacial score (nSPS) is 13.5. The van der Waals surface area contributed by atoms with Crippen molar-refractivity contribution in [3.8, 4) is 12.5 Å². The molecule has 0 fully saturated rings. The fraction of sp³-hybridized carbons (Fsp3) is 0.455. The molecule has 0 saturated carbocycles. The standard InChI is InChI=1S/C33H43N3O6S/c1-9-22-16-18-24(19-17-22)27(36(10-2)29(38)26(21-43)35-31(40)42-33(6,7)8)28(37)34-25(30(39)41-32(3,4)5)20-23-14-12-11-13-15-23/h2,11-19,25-27,43H,9,20-21H2,1,3-8H3,(H,34,37)(H,35,40). The van der Waals surface area contributed by atoms with E-state index in [0.29, 0.717) is 5.56 Å². The van der Waals surface area contributed by atoms with Crippen molar-refractivity contribution >= 4 is 36.5 Å². The van der Waals surface area contributed by atoms with Gasteiger partial charge in [-0.05, 0) is 64.7 Å². The molecule has 0 radical (unpaired) electrons. The summed E-state index contributed by atoms with van der Waals surface area (Å²) in [6.45, 7) is 12.3. The van der Waals surface area contributed by atoms with Crippen LogP contribution in [-0.2, 0) is 36.7 Å². The van der Waals surface area contributed by atoms with Gasteiger partial charge in [0.25, 0.3) is 5.91 Å². The van der Waals surface area contributed by atoms with Gasteiger partial charge in [-0.15, -0.1) is 0 Å². The number of carbonyl (C=O) groups is 4. The number of terminal acetylenes is 1. The van der Waals surface area contributed by atoms with E-state index in [0.717, 1.165) is 22.4 Å². The van der Waals surface area contributed by atoms with Crippen LogP contribution in [0.1, 0.15) is 71.2 Å². The lowest BCUT2D eigenvalue weighted by Gasteiger charge is -2.31. The predicted molar refractivity (Wildman–Crippen MR) is 169 cm³/mol. The molecular weight excluding hydrogens is 566 g/mol. The first kappa shape index (κ1) is 35.2. The predicted octanol–water partition coefficient (Wildman–Crippen LogP) is 4.60. The average Bonchev–Trinajstić information content (AvgIpc) is 2.92. The van der Waals surface area contributed by atoms with Crippen molar-refractivity contribution in [2.45, 2.75) is 90.6 Å². The number of hydrogen-bond acceptors (Lipinski definition) is 7. The minimum Gasteiger partial charge on any atom is -0.458 e. The third-order valence-corrected chi connectivity index (χ3v) is 6.41. The fourth-order valence-electron chi connectivity index (χ4n) is 4.09. The van der Waals surface area contributed by atoms with Crippen molar-refractivity contribution in [3.05, 3.63) is 71.3 Å². The Morgan fingerprint density at radius 1 is 0.860 bits per heavy atom. The van der Waals surface area contributed by atoms with E-state index < -0.39 is 53.2 Å². The molecule has 0 aliphatic rings. The molecule has 2 aromatic carbocycles. The molecule has 10 heteroatoms. The Morgan fingerprint density at radius 3 is 1.93 bits per heavy atom. The number of hydrogen-bond donors (Lipinski definition) is 3. The van der Waals surface area contributed by atoms with E-state index >= 15 is 0 Å². The van der Waals surface area contributed by atoms with Crippen molar-refractivity contribution in [1.82, 2.24) is 15.5 Å². The minimum absolute atomic E-state index is 0.117. The van der Waals surface area contributed by atoms with Crippen molar-refractivity contribution < 1.29 is 28.7 Å². The van der Waals surface area contributed by atoms with E-state index in [9.17, 15) is 19.2 Å². The highest BCUT2D eigenvalue weighted by Gasteiger charge is 2.37. The van der Waals surface area contributed by atoms with Gasteiger partial charge in [0.2, 0.25) is 5.91 Å². The van der Waals surface area contributed by atoms with E-state index in [4.69, 9.17) is 15.9 Å². The third-order valence-electron chi connectivity index (χ3n) is 6.05. The van der Waals surface area contributed by atoms with Crippen molar-refractivity contribution in [2.24, 2.45) is 0 Å². The van der Waals surface area contributed by atoms with Crippen molar-refractivity contribution in [2.75, 3.05) is 5.75 Å². The summed E-state index contributed by atoms with van der Waals surface area (Å²) < 4.78 is 10.9. The lowest BCUT2D eigenvalue weighted by atomic mass is 9.99. The topological polar surface area (TPSA) is 114 Å². The first-order valence-electron chi connectivity index (χ1n) is 14.1. The highest BCUT2D eigenvalue weighted by Crippen LogP contribution is 2.24. The number of esters is 1. The van der Waals surface area contributed by atoms with Gasteiger partial charge in [-0.2, -0.15) is 12.6 Å². The summed E-state index contributed by atoms with van der Waals surface area (Å²) in [7, 11) is 0. The molecule has 0 saturated heterocycles. The summed E-state index contributed by atoms with van der Waals surface area (Å²) in [6, 6.07) is 14.9. The molecule has 3 unspecified atom stereocenters. The number of thiol groups is 1. The number of nitrogens with zero attached hydrogens (tertiary/aromatic N) is 1. The fourth-order valence-corrected chi connectivity index (χ4v) is 4.34. The van der Waals surface area contributed by atoms with E-state index in [1.807, 2.05) is 49.4 Å². The molecule has 3 amide bonds. The zero-order chi connectivity index (χ0) is 32.4. The molecule has 0 spiro atoms. The lowest BCUT2D eigenvalue weighted by molar-refractivity contribution is -0.159. The van der Waals surface area contributed by atoms with Gasteiger partial charge in [0.15, 0.2) is 0 Å². The van der Waals surface area contributed by atoms with Crippen LogP contribution >= 0.6 is 12.6 Å². The molecule has 0 bridgehead atoms. The van der Waals surface area contributed by atoms with Crippen LogP contribution in [0.3, 0.4) is 0 Å². The van der Waals surface area contributed by atoms with E-state index in [1.165, 1.54) is 0 Å². The highest BCUT2D eigenvalue weighted by atomic mass is 32.1. The molecule has 0 aliphatic heterocycles. The third kappa shape index (κ3) is 11.3. The van der Waals surface area contributed by atoms with Crippen LogP contribution in [0.2, 0.25) is 0 Å². The molecule has 9 nitrogen and oxygen atoms in total. The summed E-state index contributed by atoms with van der Waals surface area (Å²) in [5, 5.41) is 5.27. The Balaban J connectivity index is 2.50. The second-order valence-electron chi connectivity index (χ2n) is 12.0. The zero-order valence-electron chi connectivity index (χ0n) is 26.0. The molecule has 2 rings (SSSR count). The van der Waals surface area contributed by atoms with Gasteiger partial charge in [0.1, 0.15) is 29.3 Å². The van der Waals surface area contributed by atoms with Crippen LogP contribution in [0.25, 0.3) is 0 Å². The average molecular weight is 610 g/mol. The van der Waals surface area contributed by atoms with E-state index in [2.05, 4.69) is 29.3 Å². The number of amides is 3. The van der Waals surface area contributed by atoms with Gasteiger partial charge in [0, 0.05) is 18.2 Å². The molecule has 2 N–H and O–H groups in total. The molecular formula is C33H43N3O6S. The monoisotopic (exact) mass is 609 g/mol. The SMILES string of the molecule is C#CN(C(=O)C(CS)NC(=O)OC(C)(C)C)C(C(=O)NC(Cc1ccccc1)C(=O)OC(C)(C)C)c1ccc(CC)cc1. The number of alkyl carbamates (subject to hydrolysis) is 1. The Morgan fingerprint density at radius 2 is 1.44 bits per heavy atom. The summed E-state index contributed by atoms with van der Waals surface area (Å²) in [5.41, 5.74) is 0.610. The second-order valence-corrected chi connectivity index (χ2v) is 12.4. The van der Waals surface area contributed by atoms with Gasteiger partial charge >= 0.3 is 12.1 Å². The van der Waals surface area contributed by atoms with Crippen LogP contribution in [0, 0.1) is 12.5 Å². The lowest BCUT2D eigenvalue weighted by Crippen LogP contribution is -2.54. The highest BCUT2D eigenvalue weighted by molar-refractivity contribution is 7.80. The molecule has 232 valence electrons. The maximum atomic E-state index is 14.1. The summed E-state index contributed by atoms with van der Waals surface area (Å²) in [4.78, 5) is 54.5. The smallest absolute Gasteiger partial charge is 0.408 e. The molecule has 0 aliphatic carbocycles. The largest absolute Gasteiger partial charge is 0.458 e. The molecule has 2 aromatic rings. The number of aryl methyl sites for hydroxylation is 1. The quantitative estimate of drug-likeness (QED) is 0.149. The van der Waals surface area contributed by atoms with E-state index in [1.54, 1.807) is 53.7 Å². The van der Waals surface area contributed by atoms with Gasteiger partial charge in [0.05, 0.1) is 0 Å².